The zero-order valence-electron chi connectivity index (χ0n) is 13.1. The fourth-order valence-corrected chi connectivity index (χ4v) is 2.19. The van der Waals surface area contributed by atoms with Crippen LogP contribution in [0.4, 0.5) is 5.69 Å². The molecule has 5 heteroatoms. The van der Waals surface area contributed by atoms with Crippen LogP contribution in [0.25, 0.3) is 0 Å². The molecule has 1 amide bonds. The van der Waals surface area contributed by atoms with Gasteiger partial charge < -0.3 is 20.9 Å². The Labute approximate surface area is 126 Å². The van der Waals surface area contributed by atoms with E-state index in [4.69, 9.17) is 10.5 Å². The molecule has 5 nitrogen and oxygen atoms in total. The highest BCUT2D eigenvalue weighted by Gasteiger charge is 2.22. The first-order valence-electron chi connectivity index (χ1n) is 7.26. The van der Waals surface area contributed by atoms with Gasteiger partial charge in [0.2, 0.25) is 5.91 Å². The molecule has 1 unspecified atom stereocenters. The van der Waals surface area contributed by atoms with Crippen molar-refractivity contribution < 1.29 is 14.6 Å². The van der Waals surface area contributed by atoms with Gasteiger partial charge in [0.05, 0.1) is 24.3 Å². The van der Waals surface area contributed by atoms with Crippen LogP contribution in [0.1, 0.15) is 33.6 Å². The number of amides is 1. The predicted molar refractivity (Wildman–Crippen MR) is 84.1 cm³/mol. The smallest absolute Gasteiger partial charge is 0.223 e. The highest BCUT2D eigenvalue weighted by atomic mass is 16.5. The van der Waals surface area contributed by atoms with E-state index < -0.39 is 5.60 Å². The van der Waals surface area contributed by atoms with E-state index in [2.05, 4.69) is 5.32 Å². The quantitative estimate of drug-likeness (QED) is 0.640. The Hall–Kier alpha value is -1.75. The number of hydrogen-bond donors (Lipinski definition) is 3. The predicted octanol–water partition coefficient (Wildman–Crippen LogP) is 1.95. The maximum Gasteiger partial charge on any atom is 0.223 e. The third-order valence-electron chi connectivity index (χ3n) is 3.02. The average molecular weight is 294 g/mol. The van der Waals surface area contributed by atoms with E-state index >= 15 is 0 Å². The third kappa shape index (κ3) is 6.99. The molecule has 0 aliphatic carbocycles. The first kappa shape index (κ1) is 17.3. The molecule has 0 aliphatic heterocycles. The SMILES string of the molecule is CC(C)CC(C)(O)CNC(=O)CCOc1ccccc1N. The van der Waals surface area contributed by atoms with E-state index in [1.165, 1.54) is 0 Å². The van der Waals surface area contributed by atoms with E-state index in [1.807, 2.05) is 26.0 Å². The van der Waals surface area contributed by atoms with Gasteiger partial charge in [0.25, 0.3) is 0 Å². The van der Waals surface area contributed by atoms with Gasteiger partial charge in [0.15, 0.2) is 0 Å². The van der Waals surface area contributed by atoms with Gasteiger partial charge in [-0.2, -0.15) is 0 Å². The monoisotopic (exact) mass is 294 g/mol. The fourth-order valence-electron chi connectivity index (χ4n) is 2.19. The van der Waals surface area contributed by atoms with Gasteiger partial charge in [-0.15, -0.1) is 0 Å². The normalized spacial score (nSPS) is 13.8. The molecule has 0 radical (unpaired) electrons. The van der Waals surface area contributed by atoms with Crippen molar-refractivity contribution in [2.45, 2.75) is 39.2 Å². The van der Waals surface area contributed by atoms with Gasteiger partial charge >= 0.3 is 0 Å². The molecule has 118 valence electrons. The largest absolute Gasteiger partial charge is 0.491 e. The molecule has 1 atom stereocenters. The topological polar surface area (TPSA) is 84.6 Å². The number of para-hydroxylation sites is 2. The standard InChI is InChI=1S/C16H26N2O3/c1-12(2)10-16(3,20)11-18-15(19)8-9-21-14-7-5-4-6-13(14)17/h4-7,12,20H,8-11,17H2,1-3H3,(H,18,19). The van der Waals surface area contributed by atoms with Crippen LogP contribution < -0.4 is 15.8 Å². The van der Waals surface area contributed by atoms with Crippen molar-refractivity contribution in [2.24, 2.45) is 5.92 Å². The maximum atomic E-state index is 11.7. The highest BCUT2D eigenvalue weighted by molar-refractivity contribution is 5.76. The van der Waals surface area contributed by atoms with E-state index in [0.29, 0.717) is 23.8 Å². The van der Waals surface area contributed by atoms with Crippen LogP contribution in [-0.2, 0) is 4.79 Å². The van der Waals surface area contributed by atoms with E-state index in [0.717, 1.165) is 0 Å². The number of anilines is 1. The lowest BCUT2D eigenvalue weighted by molar-refractivity contribution is -0.122. The Bertz CT molecular complexity index is 459. The zero-order valence-corrected chi connectivity index (χ0v) is 13.1. The average Bonchev–Trinajstić information content (AvgIpc) is 2.37. The molecule has 0 saturated heterocycles. The summed E-state index contributed by atoms with van der Waals surface area (Å²) in [6.07, 6.45) is 0.871. The molecule has 0 aromatic heterocycles. The van der Waals surface area contributed by atoms with Crippen LogP contribution in [0.15, 0.2) is 24.3 Å². The highest BCUT2D eigenvalue weighted by Crippen LogP contribution is 2.19. The minimum Gasteiger partial charge on any atom is -0.491 e. The number of hydrogen-bond acceptors (Lipinski definition) is 4. The van der Waals surface area contributed by atoms with Crippen molar-refractivity contribution in [3.05, 3.63) is 24.3 Å². The molecule has 1 rings (SSSR count). The molecule has 0 aliphatic rings. The van der Waals surface area contributed by atoms with E-state index in [9.17, 15) is 9.90 Å². The number of benzene rings is 1. The number of carbonyl (C=O) groups excluding carboxylic acids is 1. The molecule has 1 aromatic carbocycles. The molecule has 0 fully saturated rings. The van der Waals surface area contributed by atoms with Gasteiger partial charge in [-0.1, -0.05) is 26.0 Å². The van der Waals surface area contributed by atoms with Gasteiger partial charge in [0, 0.05) is 6.54 Å². The van der Waals surface area contributed by atoms with Crippen molar-refractivity contribution >= 4 is 11.6 Å². The molecule has 0 saturated carbocycles. The van der Waals surface area contributed by atoms with Gasteiger partial charge in [-0.05, 0) is 31.4 Å². The van der Waals surface area contributed by atoms with E-state index in [-0.39, 0.29) is 25.5 Å². The lowest BCUT2D eigenvalue weighted by Crippen LogP contribution is -2.41. The number of rotatable bonds is 8. The summed E-state index contributed by atoms with van der Waals surface area (Å²) < 4.78 is 5.46. The summed E-state index contributed by atoms with van der Waals surface area (Å²) in [4.78, 5) is 11.7. The van der Waals surface area contributed by atoms with Crippen LogP contribution in [0.5, 0.6) is 5.75 Å². The Morgan fingerprint density at radius 3 is 2.71 bits per heavy atom. The number of nitrogens with one attached hydrogen (secondary N) is 1. The first-order chi connectivity index (χ1) is 9.80. The minimum atomic E-state index is -0.880. The Balaban J connectivity index is 2.27. The fraction of sp³-hybridized carbons (Fsp3) is 0.562. The van der Waals surface area contributed by atoms with Crippen molar-refractivity contribution in [2.75, 3.05) is 18.9 Å². The lowest BCUT2D eigenvalue weighted by Gasteiger charge is -2.25. The first-order valence-corrected chi connectivity index (χ1v) is 7.26. The molecule has 0 heterocycles. The van der Waals surface area contributed by atoms with E-state index in [1.54, 1.807) is 19.1 Å². The third-order valence-corrected chi connectivity index (χ3v) is 3.02. The van der Waals surface area contributed by atoms with Crippen molar-refractivity contribution in [3.8, 4) is 5.75 Å². The molecular weight excluding hydrogens is 268 g/mol. The summed E-state index contributed by atoms with van der Waals surface area (Å²) in [5.74, 6) is 0.812. The molecular formula is C16H26N2O3. The summed E-state index contributed by atoms with van der Waals surface area (Å²) >= 11 is 0. The Kier molecular flexibility index (Phi) is 6.49. The minimum absolute atomic E-state index is 0.145. The molecule has 1 aromatic rings. The second kappa shape index (κ2) is 7.88. The zero-order chi connectivity index (χ0) is 15.9. The van der Waals surface area contributed by atoms with Crippen LogP contribution in [0, 0.1) is 5.92 Å². The van der Waals surface area contributed by atoms with Gasteiger partial charge in [-0.25, -0.2) is 0 Å². The van der Waals surface area contributed by atoms with Crippen molar-refractivity contribution in [1.82, 2.24) is 5.32 Å². The summed E-state index contributed by atoms with van der Waals surface area (Å²) in [5.41, 5.74) is 5.41. The Morgan fingerprint density at radius 1 is 1.43 bits per heavy atom. The molecule has 0 spiro atoms. The lowest BCUT2D eigenvalue weighted by atomic mass is 9.94. The second-order valence-corrected chi connectivity index (χ2v) is 6.01. The Morgan fingerprint density at radius 2 is 2.10 bits per heavy atom. The van der Waals surface area contributed by atoms with Crippen LogP contribution in [0.2, 0.25) is 0 Å². The maximum absolute atomic E-state index is 11.7. The van der Waals surface area contributed by atoms with Crippen molar-refractivity contribution in [3.63, 3.8) is 0 Å². The summed E-state index contributed by atoms with van der Waals surface area (Å²) in [6.45, 7) is 6.31. The molecule has 4 N–H and O–H groups in total. The number of aliphatic hydroxyl groups is 1. The van der Waals surface area contributed by atoms with Crippen LogP contribution >= 0.6 is 0 Å². The summed E-state index contributed by atoms with van der Waals surface area (Å²) in [5, 5.41) is 12.8. The summed E-state index contributed by atoms with van der Waals surface area (Å²) in [7, 11) is 0. The molecule has 21 heavy (non-hydrogen) atoms. The van der Waals surface area contributed by atoms with Gasteiger partial charge in [-0.3, -0.25) is 4.79 Å². The number of carbonyl (C=O) groups is 1. The number of ether oxygens (including phenoxy) is 1. The van der Waals surface area contributed by atoms with Crippen LogP contribution in [-0.4, -0.2) is 29.8 Å². The van der Waals surface area contributed by atoms with Crippen LogP contribution in [0.3, 0.4) is 0 Å². The molecule has 0 bridgehead atoms. The van der Waals surface area contributed by atoms with Gasteiger partial charge in [0.1, 0.15) is 5.75 Å². The summed E-state index contributed by atoms with van der Waals surface area (Å²) in [6, 6.07) is 7.17. The second-order valence-electron chi connectivity index (χ2n) is 6.01. The number of nitrogen functional groups attached to an aromatic ring is 1. The number of nitrogens with two attached hydrogens (primary N) is 1. The van der Waals surface area contributed by atoms with Crippen molar-refractivity contribution in [1.29, 1.82) is 0 Å².